The third-order valence-corrected chi connectivity index (χ3v) is 3.72. The van der Waals surface area contributed by atoms with Crippen LogP contribution in [0.3, 0.4) is 0 Å². The number of aryl methyl sites for hydroxylation is 1. The van der Waals surface area contributed by atoms with Crippen molar-refractivity contribution < 1.29 is 5.11 Å². The minimum Gasteiger partial charge on any atom is -0.385 e. The Balaban J connectivity index is 2.17. The second-order valence-electron chi connectivity index (χ2n) is 3.78. The van der Waals surface area contributed by atoms with Crippen molar-refractivity contribution in [1.82, 2.24) is 4.98 Å². The number of rotatable bonds is 3. The van der Waals surface area contributed by atoms with Crippen molar-refractivity contribution in [2.45, 2.75) is 25.9 Å². The van der Waals surface area contributed by atoms with Crippen molar-refractivity contribution in [2.75, 3.05) is 6.54 Å². The van der Waals surface area contributed by atoms with Gasteiger partial charge >= 0.3 is 0 Å². The molecular formula is C9H14N2OS. The molecule has 1 saturated carbocycles. The standard InChI is InChI=1S/C9H14N2OS/c1-6-4-11-8(13-6)7(12)9(5-10)2-3-9/h4,7,12H,2-3,5,10H2,1H3. The molecular weight excluding hydrogens is 184 g/mol. The maximum atomic E-state index is 9.99. The summed E-state index contributed by atoms with van der Waals surface area (Å²) in [5.74, 6) is 0. The molecule has 0 aliphatic heterocycles. The van der Waals surface area contributed by atoms with Crippen LogP contribution in [0.1, 0.15) is 28.8 Å². The van der Waals surface area contributed by atoms with E-state index in [4.69, 9.17) is 5.73 Å². The Labute approximate surface area is 81.6 Å². The van der Waals surface area contributed by atoms with Crippen LogP contribution in [0, 0.1) is 12.3 Å². The van der Waals surface area contributed by atoms with Crippen LogP contribution in [0.2, 0.25) is 0 Å². The molecule has 3 N–H and O–H groups in total. The molecule has 0 aromatic carbocycles. The summed E-state index contributed by atoms with van der Waals surface area (Å²) in [5, 5.41) is 10.8. The van der Waals surface area contributed by atoms with Gasteiger partial charge in [-0.1, -0.05) is 0 Å². The molecule has 1 fully saturated rings. The topological polar surface area (TPSA) is 59.1 Å². The van der Waals surface area contributed by atoms with Gasteiger partial charge in [-0.15, -0.1) is 11.3 Å². The van der Waals surface area contributed by atoms with Gasteiger partial charge in [-0.25, -0.2) is 4.98 Å². The van der Waals surface area contributed by atoms with Crippen LogP contribution in [-0.2, 0) is 0 Å². The Morgan fingerprint density at radius 1 is 1.77 bits per heavy atom. The summed E-state index contributed by atoms with van der Waals surface area (Å²) in [6.45, 7) is 2.56. The number of aromatic nitrogens is 1. The van der Waals surface area contributed by atoms with E-state index in [0.29, 0.717) is 6.54 Å². The molecule has 0 spiro atoms. The van der Waals surface area contributed by atoms with Crippen LogP contribution >= 0.6 is 11.3 Å². The molecule has 0 saturated heterocycles. The maximum Gasteiger partial charge on any atom is 0.122 e. The number of thiazole rings is 1. The molecule has 72 valence electrons. The Kier molecular flexibility index (Phi) is 2.14. The van der Waals surface area contributed by atoms with E-state index in [9.17, 15) is 5.11 Å². The molecule has 13 heavy (non-hydrogen) atoms. The first-order valence-electron chi connectivity index (χ1n) is 4.48. The first kappa shape index (κ1) is 9.12. The third-order valence-electron chi connectivity index (χ3n) is 2.75. The van der Waals surface area contributed by atoms with Gasteiger partial charge in [-0.05, 0) is 19.8 Å². The minimum atomic E-state index is -0.448. The Morgan fingerprint density at radius 3 is 2.85 bits per heavy atom. The lowest BCUT2D eigenvalue weighted by Gasteiger charge is -2.17. The lowest BCUT2D eigenvalue weighted by Crippen LogP contribution is -2.23. The van der Waals surface area contributed by atoms with E-state index >= 15 is 0 Å². The molecule has 1 aromatic rings. The number of aliphatic hydroxyl groups is 1. The number of nitrogens with two attached hydrogens (primary N) is 1. The second kappa shape index (κ2) is 3.04. The van der Waals surface area contributed by atoms with E-state index in [1.165, 1.54) is 0 Å². The Morgan fingerprint density at radius 2 is 2.46 bits per heavy atom. The van der Waals surface area contributed by atoms with Gasteiger partial charge in [0.1, 0.15) is 11.1 Å². The smallest absolute Gasteiger partial charge is 0.122 e. The highest BCUT2D eigenvalue weighted by Crippen LogP contribution is 2.54. The Hall–Kier alpha value is -0.450. The molecule has 1 unspecified atom stereocenters. The van der Waals surface area contributed by atoms with Crippen LogP contribution < -0.4 is 5.73 Å². The summed E-state index contributed by atoms with van der Waals surface area (Å²) in [7, 11) is 0. The van der Waals surface area contributed by atoms with E-state index in [2.05, 4.69) is 4.98 Å². The van der Waals surface area contributed by atoms with Crippen molar-refractivity contribution in [3.05, 3.63) is 16.1 Å². The summed E-state index contributed by atoms with van der Waals surface area (Å²) in [6.07, 6.45) is 3.42. The van der Waals surface area contributed by atoms with Gasteiger partial charge in [0.05, 0.1) is 0 Å². The molecule has 0 bridgehead atoms. The van der Waals surface area contributed by atoms with Crippen molar-refractivity contribution in [1.29, 1.82) is 0 Å². The van der Waals surface area contributed by atoms with Gasteiger partial charge in [0.2, 0.25) is 0 Å². The fraction of sp³-hybridized carbons (Fsp3) is 0.667. The number of nitrogens with zero attached hydrogens (tertiary/aromatic N) is 1. The summed E-state index contributed by atoms with van der Waals surface area (Å²) in [4.78, 5) is 5.32. The van der Waals surface area contributed by atoms with Gasteiger partial charge in [0.25, 0.3) is 0 Å². The monoisotopic (exact) mass is 198 g/mol. The molecule has 4 heteroatoms. The van der Waals surface area contributed by atoms with Gasteiger partial charge in [0, 0.05) is 23.0 Å². The van der Waals surface area contributed by atoms with Crippen molar-refractivity contribution in [3.8, 4) is 0 Å². The van der Waals surface area contributed by atoms with Gasteiger partial charge in [0.15, 0.2) is 0 Å². The lowest BCUT2D eigenvalue weighted by atomic mass is 10.0. The quantitative estimate of drug-likeness (QED) is 0.768. The molecule has 0 radical (unpaired) electrons. The van der Waals surface area contributed by atoms with E-state index in [1.54, 1.807) is 17.5 Å². The molecule has 1 heterocycles. The predicted octanol–water partition coefficient (Wildman–Crippen LogP) is 1.22. The summed E-state index contributed by atoms with van der Waals surface area (Å²) < 4.78 is 0. The highest BCUT2D eigenvalue weighted by atomic mass is 32.1. The first-order chi connectivity index (χ1) is 6.18. The van der Waals surface area contributed by atoms with Gasteiger partial charge < -0.3 is 10.8 Å². The molecule has 2 rings (SSSR count). The second-order valence-corrected chi connectivity index (χ2v) is 5.04. The van der Waals surface area contributed by atoms with Crippen molar-refractivity contribution in [2.24, 2.45) is 11.1 Å². The van der Waals surface area contributed by atoms with E-state index < -0.39 is 6.10 Å². The average Bonchev–Trinajstić information content (AvgIpc) is 2.82. The van der Waals surface area contributed by atoms with Crippen LogP contribution in [-0.4, -0.2) is 16.6 Å². The van der Waals surface area contributed by atoms with Gasteiger partial charge in [-0.3, -0.25) is 0 Å². The molecule has 1 aromatic heterocycles. The summed E-state index contributed by atoms with van der Waals surface area (Å²) >= 11 is 1.56. The fourth-order valence-electron chi connectivity index (χ4n) is 1.51. The predicted molar refractivity (Wildman–Crippen MR) is 52.5 cm³/mol. The zero-order valence-corrected chi connectivity index (χ0v) is 8.47. The molecule has 1 aliphatic carbocycles. The van der Waals surface area contributed by atoms with Crippen LogP contribution in [0.5, 0.6) is 0 Å². The number of hydrogen-bond acceptors (Lipinski definition) is 4. The van der Waals surface area contributed by atoms with Gasteiger partial charge in [-0.2, -0.15) is 0 Å². The molecule has 1 atom stereocenters. The number of aliphatic hydroxyl groups excluding tert-OH is 1. The zero-order chi connectivity index (χ0) is 9.47. The molecule has 0 amide bonds. The normalized spacial score (nSPS) is 21.5. The zero-order valence-electron chi connectivity index (χ0n) is 7.66. The summed E-state index contributed by atoms with van der Waals surface area (Å²) in [5.41, 5.74) is 5.58. The fourth-order valence-corrected chi connectivity index (χ4v) is 2.41. The summed E-state index contributed by atoms with van der Waals surface area (Å²) in [6, 6.07) is 0. The van der Waals surface area contributed by atoms with E-state index in [-0.39, 0.29) is 5.41 Å². The molecule has 1 aliphatic rings. The average molecular weight is 198 g/mol. The largest absolute Gasteiger partial charge is 0.385 e. The highest BCUT2D eigenvalue weighted by molar-refractivity contribution is 7.11. The van der Waals surface area contributed by atoms with E-state index in [1.807, 2.05) is 6.92 Å². The van der Waals surface area contributed by atoms with Crippen molar-refractivity contribution in [3.63, 3.8) is 0 Å². The Bertz CT molecular complexity index is 306. The number of hydrogen-bond donors (Lipinski definition) is 2. The molecule has 3 nitrogen and oxygen atoms in total. The van der Waals surface area contributed by atoms with Crippen LogP contribution in [0.15, 0.2) is 6.20 Å². The first-order valence-corrected chi connectivity index (χ1v) is 5.30. The van der Waals surface area contributed by atoms with Crippen LogP contribution in [0.25, 0.3) is 0 Å². The minimum absolute atomic E-state index is 0.0513. The van der Waals surface area contributed by atoms with Crippen LogP contribution in [0.4, 0.5) is 0 Å². The maximum absolute atomic E-state index is 9.99. The van der Waals surface area contributed by atoms with Crippen molar-refractivity contribution >= 4 is 11.3 Å². The third kappa shape index (κ3) is 1.49. The SMILES string of the molecule is Cc1cnc(C(O)C2(CN)CC2)s1. The highest BCUT2D eigenvalue weighted by Gasteiger charge is 2.49. The lowest BCUT2D eigenvalue weighted by molar-refractivity contribution is 0.0972. The van der Waals surface area contributed by atoms with E-state index in [0.717, 1.165) is 22.7 Å².